The van der Waals surface area contributed by atoms with Crippen LogP contribution in [-0.4, -0.2) is 57.7 Å². The zero-order valence-electron chi connectivity index (χ0n) is 12.8. The third kappa shape index (κ3) is 2.86. The maximum absolute atomic E-state index is 12.5. The molecule has 118 valence electrons. The average Bonchev–Trinajstić information content (AvgIpc) is 2.96. The van der Waals surface area contributed by atoms with Gasteiger partial charge in [0.1, 0.15) is 5.71 Å². The fourth-order valence-corrected chi connectivity index (χ4v) is 2.81. The Morgan fingerprint density at radius 2 is 2.00 bits per heavy atom. The van der Waals surface area contributed by atoms with Gasteiger partial charge in [0.05, 0.1) is 0 Å². The van der Waals surface area contributed by atoms with Crippen molar-refractivity contribution in [3.8, 4) is 0 Å². The van der Waals surface area contributed by atoms with Gasteiger partial charge in [-0.15, -0.1) is 0 Å². The lowest BCUT2D eigenvalue weighted by atomic mass is 9.96. The Balaban J connectivity index is 1.60. The van der Waals surface area contributed by atoms with Gasteiger partial charge in [-0.05, 0) is 19.8 Å². The quantitative estimate of drug-likeness (QED) is 0.801. The zero-order chi connectivity index (χ0) is 15.7. The zero-order valence-corrected chi connectivity index (χ0v) is 12.8. The summed E-state index contributed by atoms with van der Waals surface area (Å²) in [7, 11) is 1.58. The van der Waals surface area contributed by atoms with E-state index in [2.05, 4.69) is 15.2 Å². The highest BCUT2D eigenvalue weighted by atomic mass is 16.5. The second kappa shape index (κ2) is 5.86. The van der Waals surface area contributed by atoms with E-state index in [1.165, 1.54) is 5.01 Å². The average molecular weight is 305 g/mol. The highest BCUT2D eigenvalue weighted by molar-refractivity contribution is 6.39. The van der Waals surface area contributed by atoms with Gasteiger partial charge >= 0.3 is 0 Å². The molecular formula is C14H19N5O3. The predicted molar refractivity (Wildman–Crippen MR) is 77.0 cm³/mol. The molecule has 2 amide bonds. The largest absolute Gasteiger partial charge is 0.339 e. The number of hydrogen-bond acceptors (Lipinski definition) is 6. The van der Waals surface area contributed by atoms with E-state index in [0.717, 1.165) is 12.8 Å². The SMILES string of the molecule is Cc1noc(C2CCN(C(=O)C3=NN(C)C(=O)CC3)CC2)n1. The number of carbonyl (C=O) groups excluding carboxylic acids is 2. The number of nitrogens with zero attached hydrogens (tertiary/aromatic N) is 5. The van der Waals surface area contributed by atoms with E-state index in [-0.39, 0.29) is 17.7 Å². The van der Waals surface area contributed by atoms with Crippen molar-refractivity contribution in [2.45, 2.75) is 38.5 Å². The molecule has 0 bridgehead atoms. The van der Waals surface area contributed by atoms with Crippen LogP contribution < -0.4 is 0 Å². The first-order valence-corrected chi connectivity index (χ1v) is 7.48. The minimum Gasteiger partial charge on any atom is -0.339 e. The van der Waals surface area contributed by atoms with Gasteiger partial charge in [0.25, 0.3) is 5.91 Å². The van der Waals surface area contributed by atoms with Crippen molar-refractivity contribution in [3.05, 3.63) is 11.7 Å². The van der Waals surface area contributed by atoms with E-state index in [9.17, 15) is 9.59 Å². The standard InChI is InChI=1S/C14H19N5O3/c1-9-15-13(22-17-9)10-5-7-19(8-6-10)14(21)11-3-4-12(20)18(2)16-11/h10H,3-8H2,1-2H3. The molecule has 3 heterocycles. The fraction of sp³-hybridized carbons (Fsp3) is 0.643. The minimum atomic E-state index is -0.0699. The van der Waals surface area contributed by atoms with Crippen LogP contribution in [0.5, 0.6) is 0 Å². The maximum Gasteiger partial charge on any atom is 0.270 e. The van der Waals surface area contributed by atoms with Crippen molar-refractivity contribution in [1.29, 1.82) is 0 Å². The molecular weight excluding hydrogens is 286 g/mol. The van der Waals surface area contributed by atoms with Crippen LogP contribution in [0.25, 0.3) is 0 Å². The number of hydrogen-bond donors (Lipinski definition) is 0. The van der Waals surface area contributed by atoms with Crippen LogP contribution in [-0.2, 0) is 9.59 Å². The van der Waals surface area contributed by atoms with Gasteiger partial charge in [0.15, 0.2) is 5.82 Å². The smallest absolute Gasteiger partial charge is 0.270 e. The third-order valence-electron chi connectivity index (χ3n) is 4.13. The first-order valence-electron chi connectivity index (χ1n) is 7.48. The molecule has 0 N–H and O–H groups in total. The first kappa shape index (κ1) is 14.7. The summed E-state index contributed by atoms with van der Waals surface area (Å²) in [5.41, 5.74) is 0.467. The molecule has 2 aliphatic heterocycles. The van der Waals surface area contributed by atoms with E-state index in [1.54, 1.807) is 18.9 Å². The molecule has 0 radical (unpaired) electrons. The second-order valence-electron chi connectivity index (χ2n) is 5.71. The van der Waals surface area contributed by atoms with Gasteiger partial charge in [-0.2, -0.15) is 10.1 Å². The van der Waals surface area contributed by atoms with Crippen molar-refractivity contribution in [2.24, 2.45) is 5.10 Å². The van der Waals surface area contributed by atoms with Crippen LogP contribution in [0.3, 0.4) is 0 Å². The number of rotatable bonds is 2. The number of aromatic nitrogens is 2. The van der Waals surface area contributed by atoms with Crippen LogP contribution in [0, 0.1) is 6.92 Å². The van der Waals surface area contributed by atoms with Gasteiger partial charge in [0.2, 0.25) is 11.8 Å². The Morgan fingerprint density at radius 3 is 2.59 bits per heavy atom. The molecule has 3 rings (SSSR count). The van der Waals surface area contributed by atoms with Gasteiger partial charge in [-0.3, -0.25) is 9.59 Å². The monoisotopic (exact) mass is 305 g/mol. The molecule has 0 saturated carbocycles. The number of amides is 2. The van der Waals surface area contributed by atoms with E-state index in [0.29, 0.717) is 43.4 Å². The van der Waals surface area contributed by atoms with Crippen molar-refractivity contribution >= 4 is 17.5 Å². The Kier molecular flexibility index (Phi) is 3.91. The molecule has 22 heavy (non-hydrogen) atoms. The lowest BCUT2D eigenvalue weighted by molar-refractivity contribution is -0.130. The van der Waals surface area contributed by atoms with Gasteiger partial charge in [0, 0.05) is 38.9 Å². The van der Waals surface area contributed by atoms with E-state index >= 15 is 0 Å². The number of aryl methyl sites for hydroxylation is 1. The van der Waals surface area contributed by atoms with Crippen LogP contribution in [0.15, 0.2) is 9.62 Å². The van der Waals surface area contributed by atoms with Crippen LogP contribution in [0.2, 0.25) is 0 Å². The van der Waals surface area contributed by atoms with Crippen LogP contribution in [0.1, 0.15) is 43.3 Å². The van der Waals surface area contributed by atoms with Crippen molar-refractivity contribution in [2.75, 3.05) is 20.1 Å². The summed E-state index contributed by atoms with van der Waals surface area (Å²) in [6.07, 6.45) is 2.37. The molecule has 8 nitrogen and oxygen atoms in total. The van der Waals surface area contributed by atoms with E-state index in [4.69, 9.17) is 4.52 Å². The highest BCUT2D eigenvalue weighted by Gasteiger charge is 2.31. The summed E-state index contributed by atoms with van der Waals surface area (Å²) >= 11 is 0. The summed E-state index contributed by atoms with van der Waals surface area (Å²) in [5.74, 6) is 1.38. The summed E-state index contributed by atoms with van der Waals surface area (Å²) < 4.78 is 5.21. The molecule has 0 aliphatic carbocycles. The summed E-state index contributed by atoms with van der Waals surface area (Å²) in [6.45, 7) is 3.08. The predicted octanol–water partition coefficient (Wildman–Crippen LogP) is 0.692. The number of carbonyl (C=O) groups is 2. The van der Waals surface area contributed by atoms with Gasteiger partial charge in [-0.1, -0.05) is 5.16 Å². The number of piperidine rings is 1. The van der Waals surface area contributed by atoms with Gasteiger partial charge < -0.3 is 9.42 Å². The Bertz CT molecular complexity index is 616. The van der Waals surface area contributed by atoms with Crippen molar-refractivity contribution < 1.29 is 14.1 Å². The second-order valence-corrected chi connectivity index (χ2v) is 5.71. The summed E-state index contributed by atoms with van der Waals surface area (Å²) in [4.78, 5) is 29.9. The Morgan fingerprint density at radius 1 is 1.27 bits per heavy atom. The van der Waals surface area contributed by atoms with E-state index in [1.807, 2.05) is 0 Å². The van der Waals surface area contributed by atoms with Crippen LogP contribution >= 0.6 is 0 Å². The Labute approximate surface area is 128 Å². The lowest BCUT2D eigenvalue weighted by Gasteiger charge is -2.31. The molecule has 1 fully saturated rings. The summed E-state index contributed by atoms with van der Waals surface area (Å²) in [6, 6.07) is 0. The molecule has 0 aromatic carbocycles. The van der Waals surface area contributed by atoms with Gasteiger partial charge in [-0.25, -0.2) is 5.01 Å². The number of likely N-dealkylation sites (tertiary alicyclic amines) is 1. The molecule has 1 aromatic rings. The van der Waals surface area contributed by atoms with E-state index < -0.39 is 0 Å². The Hall–Kier alpha value is -2.25. The molecule has 0 atom stereocenters. The topological polar surface area (TPSA) is 91.9 Å². The molecule has 0 unspecified atom stereocenters. The normalized spacial score (nSPS) is 20.3. The van der Waals surface area contributed by atoms with Crippen LogP contribution in [0.4, 0.5) is 0 Å². The molecule has 8 heteroatoms. The lowest BCUT2D eigenvalue weighted by Crippen LogP contribution is -2.44. The highest BCUT2D eigenvalue weighted by Crippen LogP contribution is 2.27. The molecule has 1 saturated heterocycles. The fourth-order valence-electron chi connectivity index (χ4n) is 2.81. The number of hydrazone groups is 1. The maximum atomic E-state index is 12.5. The minimum absolute atomic E-state index is 0.0537. The van der Waals surface area contributed by atoms with Crippen molar-refractivity contribution in [1.82, 2.24) is 20.0 Å². The first-order chi connectivity index (χ1) is 10.5. The summed E-state index contributed by atoms with van der Waals surface area (Å²) in [5, 5.41) is 9.15. The molecule has 2 aliphatic rings. The van der Waals surface area contributed by atoms with Crippen molar-refractivity contribution in [3.63, 3.8) is 0 Å². The third-order valence-corrected chi connectivity index (χ3v) is 4.13. The molecule has 1 aromatic heterocycles. The molecule has 0 spiro atoms.